The van der Waals surface area contributed by atoms with Crippen LogP contribution in [0, 0.1) is 13.8 Å². The SMILES string of the molecule is Cc1ccc(C)c(NC(=O)CNc2cc(C(F)(F)F)ccc2N2CCOCC2)c1. The number of hydrogen-bond acceptors (Lipinski definition) is 4. The second kappa shape index (κ2) is 8.73. The molecule has 2 N–H and O–H groups in total. The van der Waals surface area contributed by atoms with Crippen LogP contribution in [-0.4, -0.2) is 38.8 Å². The lowest BCUT2D eigenvalue weighted by Gasteiger charge is -2.31. The molecule has 0 atom stereocenters. The molecule has 1 heterocycles. The monoisotopic (exact) mass is 407 g/mol. The van der Waals surface area contributed by atoms with Crippen LogP contribution in [0.1, 0.15) is 16.7 Å². The van der Waals surface area contributed by atoms with Gasteiger partial charge in [0.2, 0.25) is 5.91 Å². The average Bonchev–Trinajstić information content (AvgIpc) is 2.69. The largest absolute Gasteiger partial charge is 0.416 e. The normalized spacial score (nSPS) is 14.6. The van der Waals surface area contributed by atoms with E-state index in [0.717, 1.165) is 23.3 Å². The van der Waals surface area contributed by atoms with Gasteiger partial charge in [-0.3, -0.25) is 4.79 Å². The number of carbonyl (C=O) groups is 1. The predicted molar refractivity (Wildman–Crippen MR) is 108 cm³/mol. The first-order valence-corrected chi connectivity index (χ1v) is 9.39. The number of halogens is 3. The van der Waals surface area contributed by atoms with Crippen LogP contribution in [0.2, 0.25) is 0 Å². The summed E-state index contributed by atoms with van der Waals surface area (Å²) < 4.78 is 44.8. The van der Waals surface area contributed by atoms with Crippen LogP contribution in [0.15, 0.2) is 36.4 Å². The fraction of sp³-hybridized carbons (Fsp3) is 0.381. The molecular formula is C21H24F3N3O2. The first-order valence-electron chi connectivity index (χ1n) is 9.39. The van der Waals surface area contributed by atoms with Crippen molar-refractivity contribution >= 4 is 23.0 Å². The Morgan fingerprint density at radius 2 is 1.79 bits per heavy atom. The number of anilines is 3. The summed E-state index contributed by atoms with van der Waals surface area (Å²) in [7, 11) is 0. The highest BCUT2D eigenvalue weighted by Gasteiger charge is 2.31. The second-order valence-corrected chi connectivity index (χ2v) is 7.05. The van der Waals surface area contributed by atoms with Crippen molar-refractivity contribution < 1.29 is 22.7 Å². The summed E-state index contributed by atoms with van der Waals surface area (Å²) >= 11 is 0. The van der Waals surface area contributed by atoms with E-state index in [-0.39, 0.29) is 18.1 Å². The number of morpholine rings is 1. The van der Waals surface area contributed by atoms with Crippen LogP contribution in [0.25, 0.3) is 0 Å². The van der Waals surface area contributed by atoms with E-state index in [2.05, 4.69) is 10.6 Å². The summed E-state index contributed by atoms with van der Waals surface area (Å²) in [5.74, 6) is -0.330. The molecule has 0 unspecified atom stereocenters. The Bertz CT molecular complexity index is 878. The lowest BCUT2D eigenvalue weighted by molar-refractivity contribution is -0.137. The predicted octanol–water partition coefficient (Wildman–Crippen LogP) is 4.21. The molecule has 0 radical (unpaired) electrons. The van der Waals surface area contributed by atoms with Crippen molar-refractivity contribution in [1.82, 2.24) is 0 Å². The summed E-state index contributed by atoms with van der Waals surface area (Å²) in [4.78, 5) is 14.3. The van der Waals surface area contributed by atoms with Crippen molar-refractivity contribution in [1.29, 1.82) is 0 Å². The molecule has 1 saturated heterocycles. The molecule has 0 bridgehead atoms. The molecule has 3 rings (SSSR count). The number of aryl methyl sites for hydroxylation is 2. The van der Waals surface area contributed by atoms with E-state index in [1.54, 1.807) is 0 Å². The summed E-state index contributed by atoms with van der Waals surface area (Å²) in [6.07, 6.45) is -4.46. The van der Waals surface area contributed by atoms with Gasteiger partial charge in [0, 0.05) is 18.8 Å². The molecule has 156 valence electrons. The lowest BCUT2D eigenvalue weighted by Crippen LogP contribution is -2.37. The van der Waals surface area contributed by atoms with E-state index in [1.165, 1.54) is 6.07 Å². The number of alkyl halides is 3. The first-order chi connectivity index (χ1) is 13.7. The highest BCUT2D eigenvalue weighted by atomic mass is 19.4. The topological polar surface area (TPSA) is 53.6 Å². The summed E-state index contributed by atoms with van der Waals surface area (Å²) in [6.45, 7) is 5.83. The number of benzene rings is 2. The average molecular weight is 407 g/mol. The molecule has 0 aliphatic carbocycles. The Kier molecular flexibility index (Phi) is 6.32. The Hall–Kier alpha value is -2.74. The molecule has 2 aromatic rings. The fourth-order valence-electron chi connectivity index (χ4n) is 3.17. The van der Waals surface area contributed by atoms with Crippen LogP contribution in [0.4, 0.5) is 30.2 Å². The summed E-state index contributed by atoms with van der Waals surface area (Å²) in [5.41, 5.74) is 2.75. The molecule has 5 nitrogen and oxygen atoms in total. The van der Waals surface area contributed by atoms with Crippen LogP contribution >= 0.6 is 0 Å². The number of carbonyl (C=O) groups excluding carboxylic acids is 1. The van der Waals surface area contributed by atoms with Gasteiger partial charge in [0.05, 0.1) is 36.7 Å². The Labute approximate surface area is 167 Å². The quantitative estimate of drug-likeness (QED) is 0.780. The molecule has 0 saturated carbocycles. The lowest BCUT2D eigenvalue weighted by atomic mass is 10.1. The van der Waals surface area contributed by atoms with Gasteiger partial charge in [-0.1, -0.05) is 12.1 Å². The van der Waals surface area contributed by atoms with Crippen molar-refractivity contribution in [3.63, 3.8) is 0 Å². The number of rotatable bonds is 5. The minimum absolute atomic E-state index is 0.147. The third-order valence-corrected chi connectivity index (χ3v) is 4.78. The Morgan fingerprint density at radius 1 is 1.07 bits per heavy atom. The molecule has 0 spiro atoms. The molecular weight excluding hydrogens is 383 g/mol. The van der Waals surface area contributed by atoms with Gasteiger partial charge < -0.3 is 20.3 Å². The van der Waals surface area contributed by atoms with E-state index < -0.39 is 11.7 Å². The van der Waals surface area contributed by atoms with Gasteiger partial charge in [-0.05, 0) is 49.2 Å². The van der Waals surface area contributed by atoms with E-state index in [4.69, 9.17) is 4.74 Å². The minimum Gasteiger partial charge on any atom is -0.378 e. The minimum atomic E-state index is -4.46. The van der Waals surface area contributed by atoms with Crippen LogP contribution in [-0.2, 0) is 15.7 Å². The maximum Gasteiger partial charge on any atom is 0.416 e. The molecule has 1 aliphatic heterocycles. The van der Waals surface area contributed by atoms with E-state index in [9.17, 15) is 18.0 Å². The number of amides is 1. The number of hydrogen-bond donors (Lipinski definition) is 2. The maximum atomic E-state index is 13.2. The molecule has 1 fully saturated rings. The van der Waals surface area contributed by atoms with Crippen LogP contribution < -0.4 is 15.5 Å². The highest BCUT2D eigenvalue weighted by Crippen LogP contribution is 2.35. The molecule has 1 aliphatic rings. The summed E-state index contributed by atoms with van der Waals surface area (Å²) in [5, 5.41) is 5.69. The zero-order chi connectivity index (χ0) is 21.0. The van der Waals surface area contributed by atoms with Crippen LogP contribution in [0.5, 0.6) is 0 Å². The fourth-order valence-corrected chi connectivity index (χ4v) is 3.17. The maximum absolute atomic E-state index is 13.2. The van der Waals surface area contributed by atoms with E-state index >= 15 is 0 Å². The van der Waals surface area contributed by atoms with Gasteiger partial charge in [0.25, 0.3) is 0 Å². The zero-order valence-electron chi connectivity index (χ0n) is 16.4. The van der Waals surface area contributed by atoms with E-state index in [0.29, 0.717) is 37.7 Å². The standard InChI is InChI=1S/C21H24F3N3O2/c1-14-3-4-15(2)17(11-14)26-20(28)13-25-18-12-16(21(22,23)24)5-6-19(18)27-7-9-29-10-8-27/h3-6,11-12,25H,7-10,13H2,1-2H3,(H,26,28). The van der Waals surface area contributed by atoms with Crippen molar-refractivity contribution in [2.75, 3.05) is 48.4 Å². The Balaban J connectivity index is 1.76. The smallest absolute Gasteiger partial charge is 0.378 e. The number of ether oxygens (including phenoxy) is 1. The van der Waals surface area contributed by atoms with Gasteiger partial charge in [-0.15, -0.1) is 0 Å². The van der Waals surface area contributed by atoms with Crippen molar-refractivity contribution in [2.24, 2.45) is 0 Å². The molecule has 2 aromatic carbocycles. The third-order valence-electron chi connectivity index (χ3n) is 4.78. The van der Waals surface area contributed by atoms with Crippen LogP contribution in [0.3, 0.4) is 0 Å². The summed E-state index contributed by atoms with van der Waals surface area (Å²) in [6, 6.07) is 9.26. The van der Waals surface area contributed by atoms with Gasteiger partial charge in [0.15, 0.2) is 0 Å². The molecule has 0 aromatic heterocycles. The van der Waals surface area contributed by atoms with E-state index in [1.807, 2.05) is 36.9 Å². The number of nitrogens with one attached hydrogen (secondary N) is 2. The molecule has 29 heavy (non-hydrogen) atoms. The van der Waals surface area contributed by atoms with Gasteiger partial charge in [-0.2, -0.15) is 13.2 Å². The van der Waals surface area contributed by atoms with Crippen molar-refractivity contribution in [3.05, 3.63) is 53.1 Å². The van der Waals surface area contributed by atoms with Gasteiger partial charge >= 0.3 is 6.18 Å². The highest BCUT2D eigenvalue weighted by molar-refractivity contribution is 5.95. The van der Waals surface area contributed by atoms with Crippen molar-refractivity contribution in [3.8, 4) is 0 Å². The number of nitrogens with zero attached hydrogens (tertiary/aromatic N) is 1. The van der Waals surface area contributed by atoms with Crippen molar-refractivity contribution in [2.45, 2.75) is 20.0 Å². The third kappa shape index (κ3) is 5.41. The zero-order valence-corrected chi connectivity index (χ0v) is 16.4. The Morgan fingerprint density at radius 3 is 2.48 bits per heavy atom. The van der Waals surface area contributed by atoms with Gasteiger partial charge in [-0.25, -0.2) is 0 Å². The van der Waals surface area contributed by atoms with Gasteiger partial charge in [0.1, 0.15) is 0 Å². The first kappa shape index (κ1) is 21.0. The second-order valence-electron chi connectivity index (χ2n) is 7.05. The molecule has 1 amide bonds. The molecule has 8 heteroatoms.